The molecule has 0 saturated heterocycles. The minimum Gasteiger partial charge on any atom is -0.352 e. The molecule has 0 aromatic heterocycles. The van der Waals surface area contributed by atoms with E-state index in [0.717, 1.165) is 12.5 Å². The Kier molecular flexibility index (Phi) is 6.37. The zero-order chi connectivity index (χ0) is 19.3. The quantitative estimate of drug-likeness (QED) is 0.771. The van der Waals surface area contributed by atoms with E-state index in [1.165, 1.54) is 31.2 Å². The summed E-state index contributed by atoms with van der Waals surface area (Å²) in [5.41, 5.74) is 1.03. The summed E-state index contributed by atoms with van der Waals surface area (Å²) in [5, 5.41) is 2.82. The number of nitrogens with one attached hydrogen (secondary N) is 2. The largest absolute Gasteiger partial charge is 0.352 e. The first kappa shape index (κ1) is 19.9. The zero-order valence-electron chi connectivity index (χ0n) is 15.0. The van der Waals surface area contributed by atoms with Crippen molar-refractivity contribution in [3.8, 4) is 0 Å². The lowest BCUT2D eigenvalue weighted by molar-refractivity contribution is 0.0952. The highest BCUT2D eigenvalue weighted by atomic mass is 32.2. The van der Waals surface area contributed by atoms with Crippen molar-refractivity contribution in [2.24, 2.45) is 5.92 Å². The molecule has 0 unspecified atom stereocenters. The molecule has 0 spiro atoms. The van der Waals surface area contributed by atoms with Crippen LogP contribution in [-0.2, 0) is 10.0 Å². The molecule has 0 atom stereocenters. The SMILES string of the molecule is Cc1cc(S(=O)(=O)Nc2ccc(C(=O)NCCC(C)C)cc2)ccc1F. The van der Waals surface area contributed by atoms with Crippen LogP contribution in [-0.4, -0.2) is 20.9 Å². The van der Waals surface area contributed by atoms with Crippen LogP contribution < -0.4 is 10.0 Å². The third-order valence-corrected chi connectivity index (χ3v) is 5.23. The van der Waals surface area contributed by atoms with Gasteiger partial charge in [0.25, 0.3) is 15.9 Å². The molecule has 0 heterocycles. The van der Waals surface area contributed by atoms with Gasteiger partial charge in [0.05, 0.1) is 4.90 Å². The molecule has 0 aliphatic heterocycles. The Morgan fingerprint density at radius 3 is 2.35 bits per heavy atom. The Morgan fingerprint density at radius 2 is 1.77 bits per heavy atom. The van der Waals surface area contributed by atoms with Crippen molar-refractivity contribution < 1.29 is 17.6 Å². The number of rotatable bonds is 7. The van der Waals surface area contributed by atoms with Gasteiger partial charge < -0.3 is 5.32 Å². The van der Waals surface area contributed by atoms with Crippen molar-refractivity contribution in [1.82, 2.24) is 5.32 Å². The summed E-state index contributed by atoms with van der Waals surface area (Å²) in [7, 11) is -3.83. The maximum absolute atomic E-state index is 13.3. The standard InChI is InChI=1S/C19H23FN2O3S/c1-13(2)10-11-21-19(23)15-4-6-16(7-5-15)22-26(24,25)17-8-9-18(20)14(3)12-17/h4-9,12-13,22H,10-11H2,1-3H3,(H,21,23). The maximum Gasteiger partial charge on any atom is 0.261 e. The lowest BCUT2D eigenvalue weighted by atomic mass is 10.1. The summed E-state index contributed by atoms with van der Waals surface area (Å²) in [6.07, 6.45) is 0.890. The first-order chi connectivity index (χ1) is 12.2. The van der Waals surface area contributed by atoms with E-state index in [9.17, 15) is 17.6 Å². The van der Waals surface area contributed by atoms with Gasteiger partial charge in [-0.15, -0.1) is 0 Å². The van der Waals surface area contributed by atoms with Crippen LogP contribution in [0.1, 0.15) is 36.2 Å². The third kappa shape index (κ3) is 5.29. The molecule has 2 aromatic carbocycles. The van der Waals surface area contributed by atoms with E-state index < -0.39 is 15.8 Å². The molecule has 7 heteroatoms. The smallest absolute Gasteiger partial charge is 0.261 e. The Bertz CT molecular complexity index is 878. The minimum absolute atomic E-state index is 0.0214. The van der Waals surface area contributed by atoms with Crippen molar-refractivity contribution in [2.45, 2.75) is 32.1 Å². The van der Waals surface area contributed by atoms with Crippen LogP contribution in [0.3, 0.4) is 0 Å². The molecule has 2 aromatic rings. The van der Waals surface area contributed by atoms with Crippen LogP contribution >= 0.6 is 0 Å². The second kappa shape index (κ2) is 8.31. The lowest BCUT2D eigenvalue weighted by Gasteiger charge is -2.10. The van der Waals surface area contributed by atoms with Gasteiger partial charge in [0.15, 0.2) is 0 Å². The first-order valence-electron chi connectivity index (χ1n) is 8.36. The third-order valence-electron chi connectivity index (χ3n) is 3.85. The maximum atomic E-state index is 13.3. The van der Waals surface area contributed by atoms with Gasteiger partial charge in [-0.05, 0) is 67.3 Å². The van der Waals surface area contributed by atoms with Gasteiger partial charge in [0.1, 0.15) is 5.82 Å². The van der Waals surface area contributed by atoms with Crippen LogP contribution in [0.15, 0.2) is 47.4 Å². The zero-order valence-corrected chi connectivity index (χ0v) is 15.9. The summed E-state index contributed by atoms with van der Waals surface area (Å²) in [5.74, 6) is -0.159. The summed E-state index contributed by atoms with van der Waals surface area (Å²) >= 11 is 0. The summed E-state index contributed by atoms with van der Waals surface area (Å²) < 4.78 is 40.5. The van der Waals surface area contributed by atoms with Crippen molar-refractivity contribution in [3.05, 3.63) is 59.4 Å². The van der Waals surface area contributed by atoms with Crippen molar-refractivity contribution in [2.75, 3.05) is 11.3 Å². The molecule has 0 fully saturated rings. The average molecular weight is 378 g/mol. The van der Waals surface area contributed by atoms with E-state index in [2.05, 4.69) is 23.9 Å². The topological polar surface area (TPSA) is 75.3 Å². The number of halogens is 1. The van der Waals surface area contributed by atoms with Gasteiger partial charge >= 0.3 is 0 Å². The Morgan fingerprint density at radius 1 is 1.12 bits per heavy atom. The van der Waals surface area contributed by atoms with Crippen LogP contribution in [0.4, 0.5) is 10.1 Å². The highest BCUT2D eigenvalue weighted by molar-refractivity contribution is 7.92. The summed E-state index contributed by atoms with van der Waals surface area (Å²) in [4.78, 5) is 12.0. The van der Waals surface area contributed by atoms with Crippen molar-refractivity contribution in [3.63, 3.8) is 0 Å². The van der Waals surface area contributed by atoms with Gasteiger partial charge in [-0.1, -0.05) is 13.8 Å². The molecule has 0 aliphatic rings. The number of anilines is 1. The molecule has 1 amide bonds. The predicted molar refractivity (Wildman–Crippen MR) is 100 cm³/mol. The van der Waals surface area contributed by atoms with E-state index in [-0.39, 0.29) is 16.4 Å². The normalized spacial score (nSPS) is 11.4. The predicted octanol–water partition coefficient (Wildman–Crippen LogP) is 3.71. The molecular formula is C19H23FN2O3S. The molecular weight excluding hydrogens is 355 g/mol. The van der Waals surface area contributed by atoms with Gasteiger partial charge in [-0.3, -0.25) is 9.52 Å². The van der Waals surface area contributed by atoms with E-state index in [1.807, 2.05) is 0 Å². The lowest BCUT2D eigenvalue weighted by Crippen LogP contribution is -2.25. The van der Waals surface area contributed by atoms with Crippen LogP contribution in [0, 0.1) is 18.7 Å². The van der Waals surface area contributed by atoms with E-state index >= 15 is 0 Å². The second-order valence-electron chi connectivity index (χ2n) is 6.53. The van der Waals surface area contributed by atoms with Gasteiger partial charge in [0.2, 0.25) is 0 Å². The summed E-state index contributed by atoms with van der Waals surface area (Å²) in [6.45, 7) is 6.25. The van der Waals surface area contributed by atoms with Crippen LogP contribution in [0.25, 0.3) is 0 Å². The van der Waals surface area contributed by atoms with Gasteiger partial charge in [0, 0.05) is 17.8 Å². The number of hydrogen-bond donors (Lipinski definition) is 2. The number of carbonyl (C=O) groups excluding carboxylic acids is 1. The van der Waals surface area contributed by atoms with Crippen molar-refractivity contribution >= 4 is 21.6 Å². The fourth-order valence-corrected chi connectivity index (χ4v) is 3.41. The number of aryl methyl sites for hydroxylation is 1. The molecule has 0 bridgehead atoms. The Labute approximate surface area is 153 Å². The van der Waals surface area contributed by atoms with E-state index in [1.54, 1.807) is 12.1 Å². The molecule has 2 N–H and O–H groups in total. The molecule has 2 rings (SSSR count). The molecule has 26 heavy (non-hydrogen) atoms. The number of sulfonamides is 1. The monoisotopic (exact) mass is 378 g/mol. The minimum atomic E-state index is -3.83. The molecule has 0 radical (unpaired) electrons. The first-order valence-corrected chi connectivity index (χ1v) is 9.84. The van der Waals surface area contributed by atoms with E-state index in [4.69, 9.17) is 0 Å². The summed E-state index contributed by atoms with van der Waals surface area (Å²) in [6, 6.07) is 9.75. The van der Waals surface area contributed by atoms with Gasteiger partial charge in [-0.25, -0.2) is 12.8 Å². The molecule has 0 aliphatic carbocycles. The molecule has 5 nitrogen and oxygen atoms in total. The highest BCUT2D eigenvalue weighted by Gasteiger charge is 2.16. The number of benzene rings is 2. The Hall–Kier alpha value is -2.41. The average Bonchev–Trinajstić information content (AvgIpc) is 2.57. The number of amides is 1. The van der Waals surface area contributed by atoms with E-state index in [0.29, 0.717) is 23.7 Å². The number of hydrogen-bond acceptors (Lipinski definition) is 3. The van der Waals surface area contributed by atoms with Crippen LogP contribution in [0.2, 0.25) is 0 Å². The number of carbonyl (C=O) groups is 1. The van der Waals surface area contributed by atoms with Crippen LogP contribution in [0.5, 0.6) is 0 Å². The van der Waals surface area contributed by atoms with Crippen molar-refractivity contribution in [1.29, 1.82) is 0 Å². The Balaban J connectivity index is 2.06. The fraction of sp³-hybridized carbons (Fsp3) is 0.316. The molecule has 140 valence electrons. The second-order valence-corrected chi connectivity index (χ2v) is 8.21. The highest BCUT2D eigenvalue weighted by Crippen LogP contribution is 2.19. The van der Waals surface area contributed by atoms with Gasteiger partial charge in [-0.2, -0.15) is 0 Å². The fourth-order valence-electron chi connectivity index (χ4n) is 2.26. The molecule has 0 saturated carbocycles.